The smallest absolute Gasteiger partial charge is 0.257 e. The SMILES string of the molecule is Cc1cc(C)cc(NC(=O)c2cncc(C(=O)NCCC(C)C)c2)c1. The van der Waals surface area contributed by atoms with Crippen molar-refractivity contribution in [3.63, 3.8) is 0 Å². The molecule has 2 aromatic rings. The minimum absolute atomic E-state index is 0.214. The zero-order valence-corrected chi connectivity index (χ0v) is 15.2. The first-order valence-corrected chi connectivity index (χ1v) is 8.48. The van der Waals surface area contributed by atoms with Gasteiger partial charge in [-0.15, -0.1) is 0 Å². The van der Waals surface area contributed by atoms with Gasteiger partial charge >= 0.3 is 0 Å². The molecule has 0 saturated heterocycles. The van der Waals surface area contributed by atoms with E-state index in [-0.39, 0.29) is 11.8 Å². The van der Waals surface area contributed by atoms with Crippen molar-refractivity contribution in [2.24, 2.45) is 5.92 Å². The number of carbonyl (C=O) groups excluding carboxylic acids is 2. The molecule has 0 aliphatic heterocycles. The minimum atomic E-state index is -0.283. The summed E-state index contributed by atoms with van der Waals surface area (Å²) in [6, 6.07) is 7.41. The van der Waals surface area contributed by atoms with Gasteiger partial charge < -0.3 is 10.6 Å². The number of nitrogens with one attached hydrogen (secondary N) is 2. The Bertz CT molecular complexity index is 749. The number of pyridine rings is 1. The van der Waals surface area contributed by atoms with E-state index in [0.717, 1.165) is 23.2 Å². The third kappa shape index (κ3) is 5.71. The van der Waals surface area contributed by atoms with Gasteiger partial charge in [-0.1, -0.05) is 19.9 Å². The number of carbonyl (C=O) groups is 2. The van der Waals surface area contributed by atoms with Crippen LogP contribution in [0.15, 0.2) is 36.7 Å². The molecule has 0 aliphatic rings. The molecule has 2 rings (SSSR count). The summed E-state index contributed by atoms with van der Waals surface area (Å²) in [5.41, 5.74) is 3.63. The Hall–Kier alpha value is -2.69. The number of hydrogen-bond donors (Lipinski definition) is 2. The summed E-state index contributed by atoms with van der Waals surface area (Å²) in [5, 5.41) is 5.70. The van der Waals surface area contributed by atoms with Crippen LogP contribution < -0.4 is 10.6 Å². The van der Waals surface area contributed by atoms with Crippen LogP contribution in [-0.2, 0) is 0 Å². The maximum absolute atomic E-state index is 12.4. The first-order chi connectivity index (χ1) is 11.8. The molecule has 0 spiro atoms. The third-order valence-electron chi connectivity index (χ3n) is 3.75. The van der Waals surface area contributed by atoms with Crippen molar-refractivity contribution in [3.05, 3.63) is 58.9 Å². The summed E-state index contributed by atoms with van der Waals surface area (Å²) in [6.07, 6.45) is 3.84. The Balaban J connectivity index is 2.06. The predicted molar refractivity (Wildman–Crippen MR) is 99.9 cm³/mol. The van der Waals surface area contributed by atoms with Crippen molar-refractivity contribution in [2.45, 2.75) is 34.1 Å². The van der Waals surface area contributed by atoms with Crippen molar-refractivity contribution in [3.8, 4) is 0 Å². The van der Waals surface area contributed by atoms with Gasteiger partial charge in [0.1, 0.15) is 0 Å². The van der Waals surface area contributed by atoms with Gasteiger partial charge in [0.05, 0.1) is 11.1 Å². The number of anilines is 1. The molecule has 0 aliphatic carbocycles. The summed E-state index contributed by atoms with van der Waals surface area (Å²) in [7, 11) is 0. The molecule has 0 fully saturated rings. The van der Waals surface area contributed by atoms with Crippen LogP contribution in [0.2, 0.25) is 0 Å². The Morgan fingerprint density at radius 3 is 2.16 bits per heavy atom. The Morgan fingerprint density at radius 1 is 0.960 bits per heavy atom. The normalized spacial score (nSPS) is 10.6. The van der Waals surface area contributed by atoms with Gasteiger partial charge in [-0.2, -0.15) is 0 Å². The molecular weight excluding hydrogens is 314 g/mol. The van der Waals surface area contributed by atoms with E-state index in [4.69, 9.17) is 0 Å². The maximum atomic E-state index is 12.4. The fourth-order valence-electron chi connectivity index (χ4n) is 2.51. The van der Waals surface area contributed by atoms with Crippen molar-refractivity contribution >= 4 is 17.5 Å². The van der Waals surface area contributed by atoms with E-state index in [1.807, 2.05) is 32.0 Å². The van der Waals surface area contributed by atoms with Crippen LogP contribution >= 0.6 is 0 Å². The summed E-state index contributed by atoms with van der Waals surface area (Å²) in [5.74, 6) is 0.0249. The van der Waals surface area contributed by atoms with Gasteiger partial charge in [-0.3, -0.25) is 14.6 Å². The highest BCUT2D eigenvalue weighted by Crippen LogP contribution is 2.15. The number of amides is 2. The van der Waals surface area contributed by atoms with Crippen molar-refractivity contribution in [1.29, 1.82) is 0 Å². The number of benzene rings is 1. The van der Waals surface area contributed by atoms with E-state index in [9.17, 15) is 9.59 Å². The fraction of sp³-hybridized carbons (Fsp3) is 0.350. The Morgan fingerprint density at radius 2 is 1.56 bits per heavy atom. The zero-order valence-electron chi connectivity index (χ0n) is 15.2. The average Bonchev–Trinajstić information content (AvgIpc) is 2.53. The van der Waals surface area contributed by atoms with E-state index in [1.54, 1.807) is 6.07 Å². The Kier molecular flexibility index (Phi) is 6.28. The molecule has 5 nitrogen and oxygen atoms in total. The lowest BCUT2D eigenvalue weighted by atomic mass is 10.1. The molecule has 25 heavy (non-hydrogen) atoms. The van der Waals surface area contributed by atoms with Crippen molar-refractivity contribution in [2.75, 3.05) is 11.9 Å². The van der Waals surface area contributed by atoms with Crippen LogP contribution in [0.4, 0.5) is 5.69 Å². The number of aryl methyl sites for hydroxylation is 2. The standard InChI is InChI=1S/C20H25N3O2/c1-13(2)5-6-22-19(24)16-10-17(12-21-11-16)20(25)23-18-8-14(3)7-15(4)9-18/h7-13H,5-6H2,1-4H3,(H,22,24)(H,23,25). The van der Waals surface area contributed by atoms with Gasteiger partial charge in [0.15, 0.2) is 0 Å². The lowest BCUT2D eigenvalue weighted by Crippen LogP contribution is -2.26. The predicted octanol–water partition coefficient (Wildman–Crippen LogP) is 3.73. The molecule has 1 heterocycles. The third-order valence-corrected chi connectivity index (χ3v) is 3.75. The molecule has 5 heteroatoms. The van der Waals surface area contributed by atoms with Gasteiger partial charge in [0.25, 0.3) is 11.8 Å². The highest BCUT2D eigenvalue weighted by molar-refractivity contribution is 6.05. The molecule has 0 unspecified atom stereocenters. The van der Waals surface area contributed by atoms with Gasteiger partial charge in [-0.05, 0) is 55.5 Å². The summed E-state index contributed by atoms with van der Waals surface area (Å²) >= 11 is 0. The first-order valence-electron chi connectivity index (χ1n) is 8.48. The summed E-state index contributed by atoms with van der Waals surface area (Å²) in [4.78, 5) is 28.6. The molecule has 0 atom stereocenters. The monoisotopic (exact) mass is 339 g/mol. The molecule has 1 aromatic heterocycles. The Labute approximate surface area is 148 Å². The highest BCUT2D eigenvalue weighted by atomic mass is 16.2. The van der Waals surface area contributed by atoms with Gasteiger partial charge in [-0.25, -0.2) is 0 Å². The van der Waals surface area contributed by atoms with E-state index in [2.05, 4.69) is 29.5 Å². The van der Waals surface area contributed by atoms with Crippen molar-refractivity contribution < 1.29 is 9.59 Å². The molecule has 2 amide bonds. The number of rotatable bonds is 6. The molecule has 132 valence electrons. The molecule has 0 bridgehead atoms. The van der Waals surface area contributed by atoms with E-state index in [0.29, 0.717) is 23.6 Å². The fourth-order valence-corrected chi connectivity index (χ4v) is 2.51. The van der Waals surface area contributed by atoms with Gasteiger partial charge in [0.2, 0.25) is 0 Å². The number of aromatic nitrogens is 1. The highest BCUT2D eigenvalue weighted by Gasteiger charge is 2.12. The van der Waals surface area contributed by atoms with Gasteiger partial charge in [0, 0.05) is 24.6 Å². The lowest BCUT2D eigenvalue weighted by molar-refractivity contribution is 0.0951. The largest absolute Gasteiger partial charge is 0.352 e. The summed E-state index contributed by atoms with van der Waals surface area (Å²) in [6.45, 7) is 8.77. The average molecular weight is 339 g/mol. The lowest BCUT2D eigenvalue weighted by Gasteiger charge is -2.09. The van der Waals surface area contributed by atoms with Crippen molar-refractivity contribution in [1.82, 2.24) is 10.3 Å². The minimum Gasteiger partial charge on any atom is -0.352 e. The van der Waals surface area contributed by atoms with Crippen LogP contribution in [-0.4, -0.2) is 23.3 Å². The van der Waals surface area contributed by atoms with Crippen LogP contribution in [0, 0.1) is 19.8 Å². The number of hydrogen-bond acceptors (Lipinski definition) is 3. The summed E-state index contributed by atoms with van der Waals surface area (Å²) < 4.78 is 0. The molecule has 2 N–H and O–H groups in total. The second-order valence-corrected chi connectivity index (χ2v) is 6.73. The first kappa shape index (κ1) is 18.6. The van der Waals surface area contributed by atoms with E-state index in [1.165, 1.54) is 12.4 Å². The molecule has 0 saturated carbocycles. The maximum Gasteiger partial charge on any atom is 0.257 e. The van der Waals surface area contributed by atoms with Crippen LogP contribution in [0.5, 0.6) is 0 Å². The topological polar surface area (TPSA) is 71.1 Å². The molecular formula is C20H25N3O2. The molecule has 0 radical (unpaired) electrons. The second-order valence-electron chi connectivity index (χ2n) is 6.73. The second kappa shape index (κ2) is 8.42. The van der Waals surface area contributed by atoms with Crippen LogP contribution in [0.3, 0.4) is 0 Å². The van der Waals surface area contributed by atoms with Crippen LogP contribution in [0.1, 0.15) is 52.1 Å². The van der Waals surface area contributed by atoms with E-state index < -0.39 is 0 Å². The molecule has 1 aromatic carbocycles. The quantitative estimate of drug-likeness (QED) is 0.842. The number of nitrogens with zero attached hydrogens (tertiary/aromatic N) is 1. The zero-order chi connectivity index (χ0) is 18.4. The van der Waals surface area contributed by atoms with E-state index >= 15 is 0 Å². The van der Waals surface area contributed by atoms with Crippen LogP contribution in [0.25, 0.3) is 0 Å².